The summed E-state index contributed by atoms with van der Waals surface area (Å²) >= 11 is 0. The Morgan fingerprint density at radius 2 is 1.49 bits per heavy atom. The van der Waals surface area contributed by atoms with Crippen LogP contribution in [0.4, 0.5) is 0 Å². The molecule has 4 aromatic carbocycles. The van der Waals surface area contributed by atoms with Gasteiger partial charge in [0.1, 0.15) is 12.4 Å². The number of amides is 1. The molecule has 1 saturated heterocycles. The number of rotatable bonds is 9. The first-order valence-corrected chi connectivity index (χ1v) is 14.0. The summed E-state index contributed by atoms with van der Waals surface area (Å²) in [5.74, 6) is 0.824. The largest absolute Gasteiger partial charge is 0.488 e. The molecule has 0 bridgehead atoms. The quantitative estimate of drug-likeness (QED) is 0.239. The molecule has 1 amide bonds. The number of likely N-dealkylation sites (N-methyl/N-ethyl adjacent to an activating group) is 1. The Bertz CT molecular complexity index is 1340. The average Bonchev–Trinajstić information content (AvgIpc) is 3.00. The van der Waals surface area contributed by atoms with Crippen LogP contribution in [0.15, 0.2) is 103 Å². The second kappa shape index (κ2) is 12.8. The number of hydrogen-bond acceptors (Lipinski definition) is 3. The number of benzene rings is 4. The lowest BCUT2D eigenvalue weighted by atomic mass is 9.99. The van der Waals surface area contributed by atoms with Crippen molar-refractivity contribution in [2.75, 3.05) is 26.7 Å². The maximum Gasteiger partial charge on any atom is 0.253 e. The van der Waals surface area contributed by atoms with Crippen LogP contribution >= 0.6 is 0 Å². The first kappa shape index (κ1) is 26.7. The highest BCUT2D eigenvalue weighted by atomic mass is 16.5. The molecule has 4 heteroatoms. The Morgan fingerprint density at radius 3 is 2.15 bits per heavy atom. The number of carbonyl (C=O) groups excluding carboxylic acids is 1. The van der Waals surface area contributed by atoms with Crippen molar-refractivity contribution < 1.29 is 9.53 Å². The summed E-state index contributed by atoms with van der Waals surface area (Å²) in [5, 5.41) is 0. The van der Waals surface area contributed by atoms with E-state index in [2.05, 4.69) is 85.6 Å². The Balaban J connectivity index is 1.25. The van der Waals surface area contributed by atoms with Crippen LogP contribution in [-0.4, -0.2) is 48.4 Å². The maximum absolute atomic E-state index is 13.6. The van der Waals surface area contributed by atoms with Gasteiger partial charge in [-0.1, -0.05) is 90.5 Å². The van der Waals surface area contributed by atoms with Crippen LogP contribution in [0.25, 0.3) is 11.1 Å². The molecular weight excluding hydrogens is 480 g/mol. The molecule has 39 heavy (non-hydrogen) atoms. The highest BCUT2D eigenvalue weighted by Gasteiger charge is 2.26. The predicted molar refractivity (Wildman–Crippen MR) is 159 cm³/mol. The zero-order valence-electron chi connectivity index (χ0n) is 23.1. The Kier molecular flexibility index (Phi) is 8.75. The molecule has 5 rings (SSSR count). The van der Waals surface area contributed by atoms with E-state index in [1.165, 1.54) is 11.1 Å². The van der Waals surface area contributed by atoms with Crippen LogP contribution in [0.5, 0.6) is 5.75 Å². The molecule has 1 aliphatic rings. The molecule has 0 saturated carbocycles. The summed E-state index contributed by atoms with van der Waals surface area (Å²) in [6.45, 7) is 5.13. The molecule has 0 radical (unpaired) electrons. The average molecular weight is 519 g/mol. The molecule has 1 aliphatic heterocycles. The van der Waals surface area contributed by atoms with Crippen molar-refractivity contribution in [1.82, 2.24) is 9.80 Å². The highest BCUT2D eigenvalue weighted by Crippen LogP contribution is 2.33. The number of hydrogen-bond donors (Lipinski definition) is 0. The van der Waals surface area contributed by atoms with E-state index in [1.54, 1.807) is 0 Å². The molecule has 0 aliphatic carbocycles. The normalized spacial score (nSPS) is 14.0. The first-order chi connectivity index (χ1) is 19.1. The van der Waals surface area contributed by atoms with Crippen LogP contribution < -0.4 is 4.74 Å². The molecule has 200 valence electrons. The van der Waals surface area contributed by atoms with Gasteiger partial charge in [-0.2, -0.15) is 0 Å². The van der Waals surface area contributed by atoms with Gasteiger partial charge in [0.15, 0.2) is 0 Å². The van der Waals surface area contributed by atoms with E-state index in [4.69, 9.17) is 4.74 Å². The molecular formula is C35H38N2O2. The van der Waals surface area contributed by atoms with Crippen molar-refractivity contribution in [3.8, 4) is 16.9 Å². The van der Waals surface area contributed by atoms with E-state index in [-0.39, 0.29) is 5.91 Å². The fourth-order valence-electron chi connectivity index (χ4n) is 5.31. The minimum Gasteiger partial charge on any atom is -0.488 e. The first-order valence-electron chi connectivity index (χ1n) is 14.0. The van der Waals surface area contributed by atoms with Crippen molar-refractivity contribution in [3.05, 3.63) is 125 Å². The lowest BCUT2D eigenvalue weighted by Gasteiger charge is -2.37. The van der Waals surface area contributed by atoms with Crippen molar-refractivity contribution in [2.24, 2.45) is 0 Å². The fraction of sp³-hybridized carbons (Fsp3) is 0.286. The topological polar surface area (TPSA) is 32.8 Å². The third-order valence-corrected chi connectivity index (χ3v) is 7.80. The molecule has 4 nitrogen and oxygen atoms in total. The Hall–Kier alpha value is -3.89. The number of nitrogens with zero attached hydrogens (tertiary/aromatic N) is 2. The molecule has 1 fully saturated rings. The maximum atomic E-state index is 13.6. The summed E-state index contributed by atoms with van der Waals surface area (Å²) in [6, 6.07) is 35.7. The molecule has 0 aromatic heterocycles. The minimum absolute atomic E-state index is 0.0837. The summed E-state index contributed by atoms with van der Waals surface area (Å²) in [6.07, 6.45) is 3.04. The van der Waals surface area contributed by atoms with E-state index in [0.717, 1.165) is 61.3 Å². The second-order valence-corrected chi connectivity index (χ2v) is 10.6. The molecule has 0 unspecified atom stereocenters. The predicted octanol–water partition coefficient (Wildman–Crippen LogP) is 7.02. The van der Waals surface area contributed by atoms with Gasteiger partial charge in [-0.05, 0) is 68.1 Å². The number of carbonyl (C=O) groups is 1. The van der Waals surface area contributed by atoms with E-state index >= 15 is 0 Å². The smallest absolute Gasteiger partial charge is 0.253 e. The zero-order chi connectivity index (χ0) is 27.0. The highest BCUT2D eigenvalue weighted by molar-refractivity contribution is 5.95. The number of piperidine rings is 1. The lowest BCUT2D eigenvalue weighted by molar-refractivity contribution is 0.0646. The number of likely N-dealkylation sites (tertiary alicyclic amines) is 1. The van der Waals surface area contributed by atoms with E-state index < -0.39 is 0 Å². The molecule has 1 heterocycles. The monoisotopic (exact) mass is 518 g/mol. The Morgan fingerprint density at radius 1 is 0.846 bits per heavy atom. The van der Waals surface area contributed by atoms with Gasteiger partial charge in [-0.15, -0.1) is 0 Å². The van der Waals surface area contributed by atoms with E-state index in [0.29, 0.717) is 18.2 Å². The molecule has 4 aromatic rings. The van der Waals surface area contributed by atoms with Gasteiger partial charge in [0.2, 0.25) is 0 Å². The van der Waals surface area contributed by atoms with Gasteiger partial charge in [-0.25, -0.2) is 0 Å². The zero-order valence-corrected chi connectivity index (χ0v) is 23.1. The molecule has 0 atom stereocenters. The van der Waals surface area contributed by atoms with Gasteiger partial charge in [0.25, 0.3) is 5.91 Å². The van der Waals surface area contributed by atoms with Gasteiger partial charge in [0, 0.05) is 36.8 Å². The summed E-state index contributed by atoms with van der Waals surface area (Å²) in [5.41, 5.74) is 6.46. The van der Waals surface area contributed by atoms with E-state index in [9.17, 15) is 4.79 Å². The Labute approximate surface area is 232 Å². The summed E-state index contributed by atoms with van der Waals surface area (Å²) in [7, 11) is 2.21. The SMILES string of the molecule is Cc1ccc(-c2ccc(C(=O)N3CCC(N(C)CCc4ccccc4)CC3)cc2OCc2ccccc2)cc1. The van der Waals surface area contributed by atoms with Gasteiger partial charge >= 0.3 is 0 Å². The summed E-state index contributed by atoms with van der Waals surface area (Å²) in [4.78, 5) is 18.0. The lowest BCUT2D eigenvalue weighted by Crippen LogP contribution is -2.46. The standard InChI is InChI=1S/C35H38N2O2/c1-27-13-15-30(16-14-27)33-18-17-31(25-34(33)39-26-29-11-7-4-8-12-29)35(38)37-23-20-32(21-24-37)36(2)22-19-28-9-5-3-6-10-28/h3-18,25,32H,19-24,26H2,1-2H3. The van der Waals surface area contributed by atoms with Gasteiger partial charge < -0.3 is 14.5 Å². The number of aryl methyl sites for hydroxylation is 1. The second-order valence-electron chi connectivity index (χ2n) is 10.6. The summed E-state index contributed by atoms with van der Waals surface area (Å²) < 4.78 is 6.32. The van der Waals surface area contributed by atoms with Crippen molar-refractivity contribution >= 4 is 5.91 Å². The van der Waals surface area contributed by atoms with Crippen molar-refractivity contribution in [2.45, 2.75) is 38.8 Å². The van der Waals surface area contributed by atoms with Crippen LogP contribution in [0.3, 0.4) is 0 Å². The van der Waals surface area contributed by atoms with Crippen LogP contribution in [0, 0.1) is 6.92 Å². The van der Waals surface area contributed by atoms with Crippen molar-refractivity contribution in [3.63, 3.8) is 0 Å². The number of ether oxygens (including phenoxy) is 1. The third-order valence-electron chi connectivity index (χ3n) is 7.80. The van der Waals surface area contributed by atoms with E-state index in [1.807, 2.05) is 41.3 Å². The van der Waals surface area contributed by atoms with Crippen LogP contribution in [0.1, 0.15) is 39.9 Å². The van der Waals surface area contributed by atoms with Gasteiger partial charge in [0.05, 0.1) is 0 Å². The minimum atomic E-state index is 0.0837. The third kappa shape index (κ3) is 6.96. The van der Waals surface area contributed by atoms with Crippen LogP contribution in [0.2, 0.25) is 0 Å². The van der Waals surface area contributed by atoms with Crippen molar-refractivity contribution in [1.29, 1.82) is 0 Å². The fourth-order valence-corrected chi connectivity index (χ4v) is 5.31. The molecule has 0 N–H and O–H groups in total. The van der Waals surface area contributed by atoms with Gasteiger partial charge in [-0.3, -0.25) is 4.79 Å². The van der Waals surface area contributed by atoms with Crippen LogP contribution in [-0.2, 0) is 13.0 Å². The molecule has 0 spiro atoms.